The molecule has 1 N–H and O–H groups in total. The first-order chi connectivity index (χ1) is 15.6. The second kappa shape index (κ2) is 10.4. The van der Waals surface area contributed by atoms with Crippen molar-refractivity contribution >= 4 is 27.5 Å². The molecule has 1 aliphatic heterocycles. The highest BCUT2D eigenvalue weighted by Gasteiger charge is 2.26. The molecule has 0 bridgehead atoms. The molecule has 0 spiro atoms. The molecule has 2 amide bonds. The Morgan fingerprint density at radius 1 is 0.939 bits per heavy atom. The highest BCUT2D eigenvalue weighted by Crippen LogP contribution is 2.21. The minimum atomic E-state index is -3.84. The number of carbonyl (C=O) groups excluding carboxylic acids is 2. The largest absolute Gasteiger partial charge is 0.339 e. The van der Waals surface area contributed by atoms with Crippen molar-refractivity contribution in [3.63, 3.8) is 0 Å². The fraction of sp³-hybridized carbons (Fsp3) is 0.440. The summed E-state index contributed by atoms with van der Waals surface area (Å²) >= 11 is 0. The third kappa shape index (κ3) is 6.35. The fourth-order valence-electron chi connectivity index (χ4n) is 3.73. The molecule has 0 radical (unpaired) electrons. The summed E-state index contributed by atoms with van der Waals surface area (Å²) in [5, 5.41) is 0. The lowest BCUT2D eigenvalue weighted by atomic mass is 10.1. The quantitative estimate of drug-likeness (QED) is 0.665. The number of hydrogen-bond acceptors (Lipinski definition) is 4. The maximum atomic E-state index is 13.2. The van der Waals surface area contributed by atoms with Crippen molar-refractivity contribution in [2.45, 2.75) is 45.4 Å². The number of anilines is 1. The van der Waals surface area contributed by atoms with Gasteiger partial charge in [0.15, 0.2) is 0 Å². The number of nitrogens with one attached hydrogen (secondary N) is 1. The second-order valence-corrected chi connectivity index (χ2v) is 10.7. The lowest BCUT2D eigenvalue weighted by Gasteiger charge is -2.35. The molecule has 0 atom stereocenters. The maximum absolute atomic E-state index is 13.2. The second-order valence-electron chi connectivity index (χ2n) is 9.05. The monoisotopic (exact) mass is 471 g/mol. The zero-order valence-corrected chi connectivity index (χ0v) is 20.6. The van der Waals surface area contributed by atoms with Crippen LogP contribution in [0.25, 0.3) is 0 Å². The van der Waals surface area contributed by atoms with Gasteiger partial charge in [-0.3, -0.25) is 14.3 Å². The topological polar surface area (TPSA) is 86.8 Å². The average molecular weight is 472 g/mol. The SMILES string of the molecule is Cc1ccc(NS(=O)(=O)c2ccc(C)c(C(=O)N3CCN(C(=O)CCC(C)C)CC3)c2)cc1. The Morgan fingerprint density at radius 3 is 2.15 bits per heavy atom. The van der Waals surface area contributed by atoms with Gasteiger partial charge in [0, 0.05) is 43.9 Å². The Labute approximate surface area is 196 Å². The number of piperazine rings is 1. The van der Waals surface area contributed by atoms with Crippen LogP contribution in [0.2, 0.25) is 0 Å². The molecule has 1 heterocycles. The summed E-state index contributed by atoms with van der Waals surface area (Å²) in [5.41, 5.74) is 2.57. The molecule has 1 saturated heterocycles. The van der Waals surface area contributed by atoms with Crippen LogP contribution in [0.5, 0.6) is 0 Å². The Balaban J connectivity index is 1.70. The van der Waals surface area contributed by atoms with Gasteiger partial charge < -0.3 is 9.80 Å². The van der Waals surface area contributed by atoms with E-state index in [1.165, 1.54) is 12.1 Å². The Hall–Kier alpha value is -2.87. The van der Waals surface area contributed by atoms with E-state index in [1.807, 2.05) is 24.0 Å². The Kier molecular flexibility index (Phi) is 7.79. The first-order valence-corrected chi connectivity index (χ1v) is 12.8. The number of carbonyl (C=O) groups is 2. The average Bonchev–Trinajstić information content (AvgIpc) is 2.78. The number of hydrogen-bond donors (Lipinski definition) is 1. The van der Waals surface area contributed by atoms with Crippen molar-refractivity contribution < 1.29 is 18.0 Å². The number of nitrogens with zero attached hydrogens (tertiary/aromatic N) is 2. The van der Waals surface area contributed by atoms with Crippen LogP contribution in [0.3, 0.4) is 0 Å². The molecule has 0 aliphatic carbocycles. The van der Waals surface area contributed by atoms with Gasteiger partial charge in [0.1, 0.15) is 0 Å². The molecule has 33 heavy (non-hydrogen) atoms. The summed E-state index contributed by atoms with van der Waals surface area (Å²) in [4.78, 5) is 29.1. The maximum Gasteiger partial charge on any atom is 0.261 e. The number of amides is 2. The van der Waals surface area contributed by atoms with E-state index >= 15 is 0 Å². The summed E-state index contributed by atoms with van der Waals surface area (Å²) in [7, 11) is -3.84. The highest BCUT2D eigenvalue weighted by atomic mass is 32.2. The number of aryl methyl sites for hydroxylation is 2. The van der Waals surface area contributed by atoms with Crippen LogP contribution in [0.4, 0.5) is 5.69 Å². The first kappa shape index (κ1) is 24.8. The van der Waals surface area contributed by atoms with Crippen LogP contribution >= 0.6 is 0 Å². The molecule has 178 valence electrons. The van der Waals surface area contributed by atoms with Crippen molar-refractivity contribution in [1.82, 2.24) is 9.80 Å². The van der Waals surface area contributed by atoms with Gasteiger partial charge in [-0.1, -0.05) is 37.6 Å². The van der Waals surface area contributed by atoms with Gasteiger partial charge in [0.2, 0.25) is 5.91 Å². The minimum absolute atomic E-state index is 0.0412. The van der Waals surface area contributed by atoms with E-state index in [0.29, 0.717) is 55.3 Å². The highest BCUT2D eigenvalue weighted by molar-refractivity contribution is 7.92. The molecule has 3 rings (SSSR count). The molecule has 0 saturated carbocycles. The van der Waals surface area contributed by atoms with Crippen LogP contribution in [-0.4, -0.2) is 56.2 Å². The van der Waals surface area contributed by atoms with E-state index in [-0.39, 0.29) is 16.7 Å². The molecule has 7 nitrogen and oxygen atoms in total. The molecule has 2 aromatic rings. The molecule has 1 fully saturated rings. The van der Waals surface area contributed by atoms with Crippen molar-refractivity contribution in [3.8, 4) is 0 Å². The van der Waals surface area contributed by atoms with Crippen LogP contribution in [0, 0.1) is 19.8 Å². The summed E-state index contributed by atoms with van der Waals surface area (Å²) in [6.07, 6.45) is 1.38. The normalized spacial score (nSPS) is 14.5. The number of rotatable bonds is 7. The van der Waals surface area contributed by atoms with E-state index in [9.17, 15) is 18.0 Å². The standard InChI is InChI=1S/C25H33N3O4S/c1-18(2)5-12-24(29)27-13-15-28(16-14-27)25(30)23-17-22(11-8-20(23)4)33(31,32)26-21-9-6-19(3)7-10-21/h6-11,17-18,26H,5,12-16H2,1-4H3. The third-order valence-electron chi connectivity index (χ3n) is 5.91. The van der Waals surface area contributed by atoms with Crippen molar-refractivity contribution in [3.05, 3.63) is 59.2 Å². The van der Waals surface area contributed by atoms with Gasteiger partial charge in [0.25, 0.3) is 15.9 Å². The Morgan fingerprint density at radius 2 is 1.55 bits per heavy atom. The van der Waals surface area contributed by atoms with Gasteiger partial charge in [-0.2, -0.15) is 0 Å². The number of benzene rings is 2. The molecule has 1 aliphatic rings. The van der Waals surface area contributed by atoms with Crippen molar-refractivity contribution in [2.24, 2.45) is 5.92 Å². The summed E-state index contributed by atoms with van der Waals surface area (Å²) in [6, 6.07) is 11.7. The summed E-state index contributed by atoms with van der Waals surface area (Å²) in [6.45, 7) is 9.77. The molecular weight excluding hydrogens is 438 g/mol. The van der Waals surface area contributed by atoms with Gasteiger partial charge in [-0.15, -0.1) is 0 Å². The van der Waals surface area contributed by atoms with Crippen LogP contribution in [-0.2, 0) is 14.8 Å². The van der Waals surface area contributed by atoms with Crippen molar-refractivity contribution in [2.75, 3.05) is 30.9 Å². The van der Waals surface area contributed by atoms with Crippen LogP contribution < -0.4 is 4.72 Å². The molecule has 2 aromatic carbocycles. The van der Waals surface area contributed by atoms with Gasteiger partial charge in [-0.25, -0.2) is 8.42 Å². The third-order valence-corrected chi connectivity index (χ3v) is 7.29. The van der Waals surface area contributed by atoms with E-state index in [2.05, 4.69) is 18.6 Å². The fourth-order valence-corrected chi connectivity index (χ4v) is 4.82. The lowest BCUT2D eigenvalue weighted by Crippen LogP contribution is -2.50. The zero-order chi connectivity index (χ0) is 24.2. The zero-order valence-electron chi connectivity index (χ0n) is 19.8. The van der Waals surface area contributed by atoms with Gasteiger partial charge >= 0.3 is 0 Å². The lowest BCUT2D eigenvalue weighted by molar-refractivity contribution is -0.132. The number of sulfonamides is 1. The molecule has 8 heteroatoms. The van der Waals surface area contributed by atoms with E-state index in [4.69, 9.17) is 0 Å². The molecule has 0 aromatic heterocycles. The smallest absolute Gasteiger partial charge is 0.261 e. The van der Waals surface area contributed by atoms with Crippen molar-refractivity contribution in [1.29, 1.82) is 0 Å². The van der Waals surface area contributed by atoms with Crippen LogP contribution in [0.1, 0.15) is 48.2 Å². The van der Waals surface area contributed by atoms with E-state index in [0.717, 1.165) is 12.0 Å². The van der Waals surface area contributed by atoms with Gasteiger partial charge in [0.05, 0.1) is 4.90 Å². The Bertz CT molecular complexity index is 1100. The minimum Gasteiger partial charge on any atom is -0.339 e. The van der Waals surface area contributed by atoms with Crippen LogP contribution in [0.15, 0.2) is 47.4 Å². The van der Waals surface area contributed by atoms with E-state index < -0.39 is 10.0 Å². The molecular formula is C25H33N3O4S. The summed E-state index contributed by atoms with van der Waals surface area (Å²) < 4.78 is 28.4. The van der Waals surface area contributed by atoms with E-state index in [1.54, 1.807) is 30.0 Å². The molecule has 0 unspecified atom stereocenters. The van der Waals surface area contributed by atoms with Gasteiger partial charge in [-0.05, 0) is 56.0 Å². The first-order valence-electron chi connectivity index (χ1n) is 11.3. The summed E-state index contributed by atoms with van der Waals surface area (Å²) in [5.74, 6) is 0.389. The predicted octanol–water partition coefficient (Wildman–Crippen LogP) is 3.82. The predicted molar refractivity (Wildman–Crippen MR) is 130 cm³/mol.